The van der Waals surface area contributed by atoms with Crippen LogP contribution in [0.1, 0.15) is 33.6 Å². The highest BCUT2D eigenvalue weighted by Crippen LogP contribution is 2.21. The van der Waals surface area contributed by atoms with Gasteiger partial charge in [0, 0.05) is 12.3 Å². The molecule has 0 aromatic heterocycles. The topological polar surface area (TPSA) is 33.0 Å². The van der Waals surface area contributed by atoms with Gasteiger partial charge in [-0.15, -0.1) is 0 Å². The molecule has 0 aromatic carbocycles. The predicted molar refractivity (Wildman–Crippen MR) is 49.7 cm³/mol. The smallest absolute Gasteiger partial charge is 0.0624 e. The minimum atomic E-state index is 0.555. The molecule has 1 aliphatic heterocycles. The quantitative estimate of drug-likeness (QED) is 0.650. The lowest BCUT2D eigenvalue weighted by molar-refractivity contribution is -0.0413. The predicted octanol–water partition coefficient (Wildman–Crippen LogP) is 2.60. The van der Waals surface area contributed by atoms with E-state index in [4.69, 9.17) is 10.00 Å². The summed E-state index contributed by atoms with van der Waals surface area (Å²) in [6.07, 6.45) is 1.85. The van der Waals surface area contributed by atoms with Crippen LogP contribution in [0.15, 0.2) is 0 Å². The maximum absolute atomic E-state index is 8.36. The van der Waals surface area contributed by atoms with Gasteiger partial charge in [-0.3, -0.25) is 0 Å². The Bertz CT molecular complexity index is 135. The van der Waals surface area contributed by atoms with Gasteiger partial charge in [-0.1, -0.05) is 20.8 Å². The van der Waals surface area contributed by atoms with Gasteiger partial charge in [0.2, 0.25) is 0 Å². The number of hydrogen-bond acceptors (Lipinski definition) is 2. The van der Waals surface area contributed by atoms with Gasteiger partial charge in [0.15, 0.2) is 0 Å². The Labute approximate surface area is 75.5 Å². The number of rotatable bonds is 3. The summed E-state index contributed by atoms with van der Waals surface area (Å²) in [7, 11) is 0. The average Bonchev–Trinajstić information content (AvgIpc) is 2.02. The van der Waals surface area contributed by atoms with E-state index in [1.54, 1.807) is 0 Å². The molecule has 0 saturated carbocycles. The molecule has 0 spiro atoms. The van der Waals surface area contributed by atoms with E-state index in [1.807, 2.05) is 13.8 Å². The van der Waals surface area contributed by atoms with Gasteiger partial charge in [0.05, 0.1) is 19.3 Å². The summed E-state index contributed by atoms with van der Waals surface area (Å²) in [4.78, 5) is 0. The van der Waals surface area contributed by atoms with Crippen LogP contribution in [0, 0.1) is 23.2 Å². The summed E-state index contributed by atoms with van der Waals surface area (Å²) in [5.74, 6) is 1.29. The van der Waals surface area contributed by atoms with E-state index in [-0.39, 0.29) is 0 Å². The highest BCUT2D eigenvalue weighted by atomic mass is 16.5. The Hall–Kier alpha value is -0.550. The molecule has 1 rings (SSSR count). The van der Waals surface area contributed by atoms with E-state index in [1.165, 1.54) is 0 Å². The summed E-state index contributed by atoms with van der Waals surface area (Å²) in [5.41, 5.74) is 0. The maximum Gasteiger partial charge on any atom is 0.0624 e. The third kappa shape index (κ3) is 4.35. The molecule has 0 amide bonds. The van der Waals surface area contributed by atoms with Crippen LogP contribution in [-0.4, -0.2) is 13.2 Å². The van der Waals surface area contributed by atoms with E-state index in [0.29, 0.717) is 12.3 Å². The van der Waals surface area contributed by atoms with Crippen molar-refractivity contribution >= 4 is 0 Å². The van der Waals surface area contributed by atoms with Crippen molar-refractivity contribution < 1.29 is 4.74 Å². The molecule has 2 heteroatoms. The summed E-state index contributed by atoms with van der Waals surface area (Å²) < 4.78 is 5.03. The first-order valence-electron chi connectivity index (χ1n) is 4.77. The van der Waals surface area contributed by atoms with Gasteiger partial charge in [-0.05, 0) is 12.3 Å². The fraction of sp³-hybridized carbons (Fsp3) is 0.900. The molecular formula is C10H19NO. The molecule has 1 unspecified atom stereocenters. The maximum atomic E-state index is 8.36. The molecule has 1 heterocycles. The summed E-state index contributed by atoms with van der Waals surface area (Å²) in [6.45, 7) is 7.95. The highest BCUT2D eigenvalue weighted by Gasteiger charge is 2.20. The zero-order valence-electron chi connectivity index (χ0n) is 8.34. The van der Waals surface area contributed by atoms with Crippen molar-refractivity contribution in [1.82, 2.24) is 0 Å². The molecule has 1 atom stereocenters. The van der Waals surface area contributed by atoms with Gasteiger partial charge in [0.25, 0.3) is 0 Å². The van der Waals surface area contributed by atoms with Crippen LogP contribution in [0.4, 0.5) is 0 Å². The minimum absolute atomic E-state index is 0.555. The van der Waals surface area contributed by atoms with Crippen LogP contribution < -0.4 is 0 Å². The Kier molecular flexibility index (Phi) is 6.79. The van der Waals surface area contributed by atoms with Crippen LogP contribution in [0.3, 0.4) is 0 Å². The molecular weight excluding hydrogens is 150 g/mol. The van der Waals surface area contributed by atoms with Crippen molar-refractivity contribution in [2.24, 2.45) is 11.8 Å². The van der Waals surface area contributed by atoms with E-state index < -0.39 is 0 Å². The van der Waals surface area contributed by atoms with Gasteiger partial charge in [-0.25, -0.2) is 0 Å². The van der Waals surface area contributed by atoms with Gasteiger partial charge in [-0.2, -0.15) is 5.26 Å². The molecule has 1 fully saturated rings. The molecule has 12 heavy (non-hydrogen) atoms. The SMILES string of the molecule is CC.CC(CC#N)CC1COC1. The zero-order chi connectivity index (χ0) is 9.40. The number of nitriles is 1. The van der Waals surface area contributed by atoms with Crippen LogP contribution in [-0.2, 0) is 4.74 Å². The fourth-order valence-electron chi connectivity index (χ4n) is 1.23. The van der Waals surface area contributed by atoms with Crippen LogP contribution in [0.2, 0.25) is 0 Å². The van der Waals surface area contributed by atoms with Crippen LogP contribution >= 0.6 is 0 Å². The van der Waals surface area contributed by atoms with E-state index in [0.717, 1.165) is 25.6 Å². The van der Waals surface area contributed by atoms with E-state index in [9.17, 15) is 0 Å². The molecule has 70 valence electrons. The first-order valence-corrected chi connectivity index (χ1v) is 4.77. The average molecular weight is 169 g/mol. The fourth-order valence-corrected chi connectivity index (χ4v) is 1.23. The standard InChI is InChI=1S/C8H13NO.C2H6/c1-7(2-3-9)4-8-5-10-6-8;1-2/h7-8H,2,4-6H2,1H3;1-2H3. The zero-order valence-corrected chi connectivity index (χ0v) is 8.34. The minimum Gasteiger partial charge on any atom is -0.381 e. The van der Waals surface area contributed by atoms with Gasteiger partial charge in [0.1, 0.15) is 0 Å². The number of ether oxygens (including phenoxy) is 1. The van der Waals surface area contributed by atoms with Crippen molar-refractivity contribution in [2.75, 3.05) is 13.2 Å². The summed E-state index contributed by atoms with van der Waals surface area (Å²) in [6, 6.07) is 2.18. The largest absolute Gasteiger partial charge is 0.381 e. The second-order valence-corrected chi connectivity index (χ2v) is 3.11. The van der Waals surface area contributed by atoms with Crippen molar-refractivity contribution in [2.45, 2.75) is 33.6 Å². The van der Waals surface area contributed by atoms with Crippen molar-refractivity contribution in [3.8, 4) is 6.07 Å². The third-order valence-electron chi connectivity index (χ3n) is 1.88. The van der Waals surface area contributed by atoms with Crippen LogP contribution in [0.5, 0.6) is 0 Å². The van der Waals surface area contributed by atoms with Crippen molar-refractivity contribution in [3.05, 3.63) is 0 Å². The molecule has 1 aliphatic rings. The van der Waals surface area contributed by atoms with E-state index >= 15 is 0 Å². The Morgan fingerprint density at radius 3 is 2.42 bits per heavy atom. The molecule has 0 bridgehead atoms. The summed E-state index contributed by atoms with van der Waals surface area (Å²) in [5, 5.41) is 8.36. The second-order valence-electron chi connectivity index (χ2n) is 3.11. The Morgan fingerprint density at radius 2 is 2.08 bits per heavy atom. The van der Waals surface area contributed by atoms with Crippen molar-refractivity contribution in [3.63, 3.8) is 0 Å². The lowest BCUT2D eigenvalue weighted by atomic mass is 9.93. The molecule has 0 aliphatic carbocycles. The van der Waals surface area contributed by atoms with Gasteiger partial charge < -0.3 is 4.74 Å². The monoisotopic (exact) mass is 169 g/mol. The first kappa shape index (κ1) is 11.4. The lowest BCUT2D eigenvalue weighted by Crippen LogP contribution is -2.28. The van der Waals surface area contributed by atoms with Crippen LogP contribution in [0.25, 0.3) is 0 Å². The van der Waals surface area contributed by atoms with Gasteiger partial charge >= 0.3 is 0 Å². The number of hydrogen-bond donors (Lipinski definition) is 0. The van der Waals surface area contributed by atoms with Crippen molar-refractivity contribution in [1.29, 1.82) is 5.26 Å². The normalized spacial score (nSPS) is 18.2. The molecule has 2 nitrogen and oxygen atoms in total. The number of nitrogens with zero attached hydrogens (tertiary/aromatic N) is 1. The highest BCUT2D eigenvalue weighted by molar-refractivity contribution is 4.76. The van der Waals surface area contributed by atoms with E-state index in [2.05, 4.69) is 13.0 Å². The molecule has 1 saturated heterocycles. The molecule has 0 N–H and O–H groups in total. The Morgan fingerprint density at radius 1 is 1.50 bits per heavy atom. The second kappa shape index (κ2) is 7.12. The summed E-state index contributed by atoms with van der Waals surface area (Å²) >= 11 is 0. The molecule has 0 aromatic rings. The Balaban J connectivity index is 0.000000561. The lowest BCUT2D eigenvalue weighted by Gasteiger charge is -2.27. The first-order chi connectivity index (χ1) is 5.83. The third-order valence-corrected chi connectivity index (χ3v) is 1.88. The molecule has 0 radical (unpaired) electrons.